The summed E-state index contributed by atoms with van der Waals surface area (Å²) in [6, 6.07) is 26.6. The molecule has 1 N–H and O–H groups in total. The van der Waals surface area contributed by atoms with Gasteiger partial charge in [-0.1, -0.05) is 65.0 Å². The highest BCUT2D eigenvalue weighted by Crippen LogP contribution is 2.57. The summed E-state index contributed by atoms with van der Waals surface area (Å²) in [5.74, 6) is 1.77. The zero-order valence-corrected chi connectivity index (χ0v) is 27.1. The van der Waals surface area contributed by atoms with Gasteiger partial charge in [0.05, 0.1) is 5.56 Å². The van der Waals surface area contributed by atoms with Gasteiger partial charge in [0.25, 0.3) is 0 Å². The molecule has 1 spiro atoms. The van der Waals surface area contributed by atoms with Gasteiger partial charge in [0.1, 0.15) is 11.5 Å². The molecule has 0 saturated heterocycles. The molecular formula is C39H44N2O3. The lowest BCUT2D eigenvalue weighted by molar-refractivity contribution is 0.0224. The van der Waals surface area contributed by atoms with Gasteiger partial charge in [0.15, 0.2) is 5.60 Å². The van der Waals surface area contributed by atoms with Crippen LogP contribution in [0, 0.1) is 25.2 Å². The van der Waals surface area contributed by atoms with E-state index >= 15 is 0 Å². The molecule has 5 nitrogen and oxygen atoms in total. The predicted octanol–water partition coefficient (Wildman–Crippen LogP) is 9.90. The van der Waals surface area contributed by atoms with E-state index in [0.717, 1.165) is 64.6 Å². The number of esters is 1. The van der Waals surface area contributed by atoms with E-state index in [2.05, 4.69) is 107 Å². The second kappa shape index (κ2) is 11.4. The summed E-state index contributed by atoms with van der Waals surface area (Å²) in [6.07, 6.45) is 2.31. The monoisotopic (exact) mass is 588 g/mol. The van der Waals surface area contributed by atoms with E-state index in [1.54, 1.807) is 0 Å². The van der Waals surface area contributed by atoms with E-state index in [1.807, 2.05) is 30.3 Å². The molecule has 1 atom stereocenters. The molecule has 1 unspecified atom stereocenters. The van der Waals surface area contributed by atoms with E-state index in [4.69, 9.17) is 9.47 Å². The fraction of sp³-hybridized carbons (Fsp3) is 0.359. The highest BCUT2D eigenvalue weighted by molar-refractivity contribution is 5.97. The Morgan fingerprint density at radius 1 is 0.864 bits per heavy atom. The molecular weight excluding hydrogens is 544 g/mol. The van der Waals surface area contributed by atoms with Crippen molar-refractivity contribution in [2.75, 3.05) is 23.3 Å². The molecule has 0 bridgehead atoms. The Balaban J connectivity index is 1.49. The Morgan fingerprint density at radius 3 is 2.39 bits per heavy atom. The quantitative estimate of drug-likeness (QED) is 0.208. The fourth-order valence-corrected chi connectivity index (χ4v) is 6.58. The number of hydrogen-bond donors (Lipinski definition) is 1. The van der Waals surface area contributed by atoms with Crippen LogP contribution in [0.25, 0.3) is 0 Å². The highest BCUT2D eigenvalue weighted by atomic mass is 16.6. The van der Waals surface area contributed by atoms with Crippen molar-refractivity contribution in [3.63, 3.8) is 0 Å². The summed E-state index contributed by atoms with van der Waals surface area (Å²) in [6.45, 7) is 17.5. The van der Waals surface area contributed by atoms with Crippen LogP contribution in [0.5, 0.6) is 11.5 Å². The van der Waals surface area contributed by atoms with Crippen molar-refractivity contribution in [1.29, 1.82) is 0 Å². The number of carbonyl (C=O) groups is 1. The third-order valence-electron chi connectivity index (χ3n) is 8.58. The van der Waals surface area contributed by atoms with Gasteiger partial charge in [-0.25, -0.2) is 4.79 Å². The maximum atomic E-state index is 13.5. The molecule has 4 aromatic carbocycles. The van der Waals surface area contributed by atoms with Crippen molar-refractivity contribution in [3.8, 4) is 11.5 Å². The molecule has 4 aromatic rings. The smallest absolute Gasteiger partial charge is 0.340 e. The zero-order valence-electron chi connectivity index (χ0n) is 27.1. The topological polar surface area (TPSA) is 50.8 Å². The van der Waals surface area contributed by atoms with Crippen LogP contribution in [0.15, 0.2) is 78.9 Å². The Morgan fingerprint density at radius 2 is 1.64 bits per heavy atom. The number of aryl methyl sites for hydroxylation is 2. The number of nitrogens with one attached hydrogen (secondary N) is 1. The molecule has 5 heteroatoms. The average Bonchev–Trinajstić information content (AvgIpc) is 3.25. The molecule has 0 fully saturated rings. The SMILES string of the molecule is Cc1cccc(Nc2cc3c(cc2C)Oc2cc(N(CCCC(C)C)CC(C)(C)C)ccc2C32OC(=O)c3ccccc32)c1. The molecule has 44 heavy (non-hydrogen) atoms. The number of rotatable bonds is 8. The summed E-state index contributed by atoms with van der Waals surface area (Å²) < 4.78 is 13.2. The van der Waals surface area contributed by atoms with Gasteiger partial charge in [-0.3, -0.25) is 0 Å². The van der Waals surface area contributed by atoms with Crippen molar-refractivity contribution in [2.45, 2.75) is 66.9 Å². The number of hydrogen-bond acceptors (Lipinski definition) is 5. The maximum Gasteiger partial charge on any atom is 0.340 e. The predicted molar refractivity (Wildman–Crippen MR) is 180 cm³/mol. The maximum absolute atomic E-state index is 13.5. The average molecular weight is 589 g/mol. The Kier molecular flexibility index (Phi) is 7.69. The van der Waals surface area contributed by atoms with E-state index in [-0.39, 0.29) is 11.4 Å². The van der Waals surface area contributed by atoms with Gasteiger partial charge in [-0.15, -0.1) is 0 Å². The molecule has 2 aliphatic heterocycles. The minimum absolute atomic E-state index is 0.125. The van der Waals surface area contributed by atoms with Crippen LogP contribution in [0.2, 0.25) is 0 Å². The third kappa shape index (κ3) is 5.56. The zero-order chi connectivity index (χ0) is 31.2. The number of anilines is 3. The molecule has 6 rings (SSSR count). The van der Waals surface area contributed by atoms with Crippen LogP contribution in [0.3, 0.4) is 0 Å². The highest BCUT2D eigenvalue weighted by Gasteiger charge is 2.53. The summed E-state index contributed by atoms with van der Waals surface area (Å²) in [5.41, 5.74) is 7.40. The number of carbonyl (C=O) groups excluding carboxylic acids is 1. The molecule has 0 aliphatic carbocycles. The van der Waals surface area contributed by atoms with E-state index in [9.17, 15) is 4.79 Å². The van der Waals surface area contributed by atoms with Crippen molar-refractivity contribution in [3.05, 3.63) is 112 Å². The van der Waals surface area contributed by atoms with Gasteiger partial charge in [-0.05, 0) is 91.6 Å². The normalized spacial score (nSPS) is 16.7. The standard InChI is InChI=1S/C39H44N2O3/c1-25(2)12-11-19-41(24-38(5,6)7)29-17-18-32-36(22-29)43-35-21-27(4)34(40-28-14-10-13-26(3)20-28)23-33(35)39(32)31-16-9-8-15-30(31)37(42)44-39/h8-10,13-18,20-23,25,40H,11-12,19,24H2,1-7H3. The third-order valence-corrected chi connectivity index (χ3v) is 8.58. The second-order valence-corrected chi connectivity index (χ2v) is 14.1. The first kappa shape index (κ1) is 29.8. The summed E-state index contributed by atoms with van der Waals surface area (Å²) in [4.78, 5) is 15.9. The number of nitrogens with zero attached hydrogens (tertiary/aromatic N) is 1. The Labute approximate surface area is 262 Å². The lowest BCUT2D eigenvalue weighted by Gasteiger charge is -2.38. The van der Waals surface area contributed by atoms with Gasteiger partial charge in [0.2, 0.25) is 0 Å². The van der Waals surface area contributed by atoms with Gasteiger partial charge in [-0.2, -0.15) is 0 Å². The van der Waals surface area contributed by atoms with Gasteiger partial charge < -0.3 is 19.7 Å². The lowest BCUT2D eigenvalue weighted by Crippen LogP contribution is -2.35. The molecule has 0 aromatic heterocycles. The molecule has 228 valence electrons. The van der Waals surface area contributed by atoms with Crippen molar-refractivity contribution >= 4 is 23.0 Å². The van der Waals surface area contributed by atoms with Crippen molar-refractivity contribution in [1.82, 2.24) is 0 Å². The van der Waals surface area contributed by atoms with Crippen LogP contribution in [0.4, 0.5) is 17.1 Å². The first-order valence-electron chi connectivity index (χ1n) is 15.8. The first-order chi connectivity index (χ1) is 20.9. The fourth-order valence-electron chi connectivity index (χ4n) is 6.58. The van der Waals surface area contributed by atoms with E-state index in [0.29, 0.717) is 17.2 Å². The number of benzene rings is 4. The van der Waals surface area contributed by atoms with Crippen LogP contribution < -0.4 is 15.0 Å². The van der Waals surface area contributed by atoms with Gasteiger partial charge >= 0.3 is 5.97 Å². The molecule has 2 aliphatic rings. The van der Waals surface area contributed by atoms with Crippen molar-refractivity contribution < 1.29 is 14.3 Å². The van der Waals surface area contributed by atoms with Gasteiger partial charge in [0, 0.05) is 52.9 Å². The Bertz CT molecular complexity index is 1720. The van der Waals surface area contributed by atoms with Crippen LogP contribution in [0.1, 0.15) is 85.6 Å². The van der Waals surface area contributed by atoms with Crippen LogP contribution in [-0.2, 0) is 10.3 Å². The number of ether oxygens (including phenoxy) is 2. The number of fused-ring (bicyclic) bond motifs is 6. The summed E-state index contributed by atoms with van der Waals surface area (Å²) in [7, 11) is 0. The minimum atomic E-state index is -1.11. The Hall–Kier alpha value is -4.25. The van der Waals surface area contributed by atoms with E-state index < -0.39 is 5.60 Å². The first-order valence-corrected chi connectivity index (χ1v) is 15.8. The second-order valence-electron chi connectivity index (χ2n) is 14.1. The molecule has 0 amide bonds. The summed E-state index contributed by atoms with van der Waals surface area (Å²) >= 11 is 0. The lowest BCUT2D eigenvalue weighted by atomic mass is 9.77. The van der Waals surface area contributed by atoms with Crippen molar-refractivity contribution in [2.24, 2.45) is 11.3 Å². The van der Waals surface area contributed by atoms with E-state index in [1.165, 1.54) is 12.0 Å². The molecule has 2 heterocycles. The largest absolute Gasteiger partial charge is 0.456 e. The van der Waals surface area contributed by atoms with Crippen LogP contribution >= 0.6 is 0 Å². The minimum Gasteiger partial charge on any atom is -0.456 e. The molecule has 0 saturated carbocycles. The summed E-state index contributed by atoms with van der Waals surface area (Å²) in [5, 5.41) is 3.60. The van der Waals surface area contributed by atoms with Crippen LogP contribution in [-0.4, -0.2) is 19.1 Å². The molecule has 0 radical (unpaired) electrons.